The molecule has 0 heterocycles. The van der Waals surface area contributed by atoms with Gasteiger partial charge in [-0.25, -0.2) is 0 Å². The average Bonchev–Trinajstić information content (AvgIpc) is 2.14. The largest absolute Gasteiger partial charge is 0.396 e. The van der Waals surface area contributed by atoms with Crippen molar-refractivity contribution in [1.82, 2.24) is 0 Å². The number of carbonyl (C=O) groups is 1. The number of hydrogen-bond donors (Lipinski definition) is 3. The highest BCUT2D eigenvalue weighted by Gasteiger charge is 2.35. The molecule has 0 bridgehead atoms. The number of rotatable bonds is 7. The van der Waals surface area contributed by atoms with Gasteiger partial charge in [-0.2, -0.15) is 0 Å². The number of hydrogen-bond acceptors (Lipinski definition) is 4. The minimum atomic E-state index is -1.04. The van der Waals surface area contributed by atoms with Crippen LogP contribution in [0.3, 0.4) is 0 Å². The maximum atomic E-state index is 11.4. The third-order valence-corrected chi connectivity index (χ3v) is 2.26. The van der Waals surface area contributed by atoms with Gasteiger partial charge in [0, 0.05) is 13.0 Å². The van der Waals surface area contributed by atoms with E-state index in [1.54, 1.807) is 0 Å². The number of ketones is 1. The molecule has 0 aliphatic rings. The van der Waals surface area contributed by atoms with E-state index in [2.05, 4.69) is 0 Å². The summed E-state index contributed by atoms with van der Waals surface area (Å²) in [5.74, 6) is -0.262. The van der Waals surface area contributed by atoms with Gasteiger partial charge in [-0.15, -0.1) is 0 Å². The first-order valence-electron chi connectivity index (χ1n) is 4.52. The second-order valence-corrected chi connectivity index (χ2v) is 3.24. The number of carbonyl (C=O) groups excluding carboxylic acids is 1. The van der Waals surface area contributed by atoms with Crippen molar-refractivity contribution in [3.05, 3.63) is 0 Å². The van der Waals surface area contributed by atoms with Crippen LogP contribution in [0.25, 0.3) is 0 Å². The summed E-state index contributed by atoms with van der Waals surface area (Å²) in [7, 11) is 0. The predicted molar refractivity (Wildman–Crippen MR) is 48.2 cm³/mol. The molecule has 0 saturated carbocycles. The summed E-state index contributed by atoms with van der Waals surface area (Å²) in [5.41, 5.74) is -1.04. The van der Waals surface area contributed by atoms with Gasteiger partial charge in [0.1, 0.15) is 5.78 Å². The standard InChI is InChI=1S/C9H18O4/c1-2-4-9(6-11,7-12)8(13)3-5-10/h10-12H,2-7H2,1H3. The van der Waals surface area contributed by atoms with Crippen LogP contribution in [0.4, 0.5) is 0 Å². The van der Waals surface area contributed by atoms with Gasteiger partial charge in [0.15, 0.2) is 0 Å². The van der Waals surface area contributed by atoms with Crippen molar-refractivity contribution in [3.8, 4) is 0 Å². The van der Waals surface area contributed by atoms with Crippen LogP contribution in [0.5, 0.6) is 0 Å². The van der Waals surface area contributed by atoms with E-state index in [4.69, 9.17) is 15.3 Å². The van der Waals surface area contributed by atoms with E-state index >= 15 is 0 Å². The highest BCUT2D eigenvalue weighted by atomic mass is 16.3. The topological polar surface area (TPSA) is 77.8 Å². The lowest BCUT2D eigenvalue weighted by atomic mass is 9.79. The van der Waals surface area contributed by atoms with Gasteiger partial charge in [0.25, 0.3) is 0 Å². The number of Topliss-reactive ketones (excluding diaryl/α,β-unsaturated/α-hetero) is 1. The minimum absolute atomic E-state index is 0.00111. The molecule has 0 saturated heterocycles. The van der Waals surface area contributed by atoms with Gasteiger partial charge in [0.2, 0.25) is 0 Å². The van der Waals surface area contributed by atoms with Crippen molar-refractivity contribution in [1.29, 1.82) is 0 Å². The summed E-state index contributed by atoms with van der Waals surface area (Å²) in [6, 6.07) is 0. The van der Waals surface area contributed by atoms with Gasteiger partial charge < -0.3 is 15.3 Å². The molecule has 0 spiro atoms. The second kappa shape index (κ2) is 6.07. The van der Waals surface area contributed by atoms with E-state index in [-0.39, 0.29) is 32.0 Å². The fourth-order valence-corrected chi connectivity index (χ4v) is 1.37. The molecule has 0 atom stereocenters. The third kappa shape index (κ3) is 3.06. The van der Waals surface area contributed by atoms with Crippen LogP contribution in [-0.2, 0) is 4.79 Å². The highest BCUT2D eigenvalue weighted by Crippen LogP contribution is 2.25. The molecular weight excluding hydrogens is 172 g/mol. The summed E-state index contributed by atoms with van der Waals surface area (Å²) >= 11 is 0. The highest BCUT2D eigenvalue weighted by molar-refractivity contribution is 5.85. The van der Waals surface area contributed by atoms with E-state index in [0.29, 0.717) is 6.42 Å². The van der Waals surface area contributed by atoms with Crippen LogP contribution in [0.15, 0.2) is 0 Å². The maximum Gasteiger partial charge on any atom is 0.145 e. The molecule has 0 aromatic heterocycles. The molecule has 0 amide bonds. The first-order valence-corrected chi connectivity index (χ1v) is 4.52. The first-order chi connectivity index (χ1) is 6.16. The molecule has 0 fully saturated rings. The van der Waals surface area contributed by atoms with Crippen LogP contribution in [0, 0.1) is 5.41 Å². The Hall–Kier alpha value is -0.450. The van der Waals surface area contributed by atoms with Crippen molar-refractivity contribution in [2.75, 3.05) is 19.8 Å². The average molecular weight is 190 g/mol. The Bertz CT molecular complexity index is 152. The molecule has 0 aromatic carbocycles. The molecule has 3 N–H and O–H groups in total. The number of aliphatic hydroxyl groups is 3. The van der Waals surface area contributed by atoms with E-state index < -0.39 is 5.41 Å². The molecule has 13 heavy (non-hydrogen) atoms. The SMILES string of the molecule is CCCC(CO)(CO)C(=O)CCO. The van der Waals surface area contributed by atoms with Crippen LogP contribution < -0.4 is 0 Å². The van der Waals surface area contributed by atoms with Crippen LogP contribution in [0.2, 0.25) is 0 Å². The lowest BCUT2D eigenvalue weighted by molar-refractivity contribution is -0.135. The van der Waals surface area contributed by atoms with Crippen molar-refractivity contribution >= 4 is 5.78 Å². The van der Waals surface area contributed by atoms with Crippen LogP contribution >= 0.6 is 0 Å². The number of aliphatic hydroxyl groups excluding tert-OH is 3. The Balaban J connectivity index is 4.43. The van der Waals surface area contributed by atoms with Gasteiger partial charge in [-0.3, -0.25) is 4.79 Å². The Morgan fingerprint density at radius 2 is 1.77 bits per heavy atom. The van der Waals surface area contributed by atoms with Gasteiger partial charge in [-0.05, 0) is 6.42 Å². The molecule has 0 aromatic rings. The van der Waals surface area contributed by atoms with Crippen molar-refractivity contribution < 1.29 is 20.1 Å². The van der Waals surface area contributed by atoms with Crippen molar-refractivity contribution in [3.63, 3.8) is 0 Å². The molecule has 0 aliphatic heterocycles. The summed E-state index contributed by atoms with van der Waals surface area (Å²) < 4.78 is 0. The van der Waals surface area contributed by atoms with Crippen molar-refractivity contribution in [2.45, 2.75) is 26.2 Å². The molecule has 4 heteroatoms. The molecular formula is C9H18O4. The van der Waals surface area contributed by atoms with Gasteiger partial charge in [0.05, 0.1) is 18.6 Å². The summed E-state index contributed by atoms with van der Waals surface area (Å²) in [4.78, 5) is 11.4. The van der Waals surface area contributed by atoms with Gasteiger partial charge >= 0.3 is 0 Å². The zero-order valence-corrected chi connectivity index (χ0v) is 7.99. The van der Waals surface area contributed by atoms with Crippen molar-refractivity contribution in [2.24, 2.45) is 5.41 Å². The molecule has 0 radical (unpaired) electrons. The van der Waals surface area contributed by atoms with Gasteiger partial charge in [-0.1, -0.05) is 13.3 Å². The molecule has 4 nitrogen and oxygen atoms in total. The van der Waals surface area contributed by atoms with E-state index in [1.807, 2.05) is 6.92 Å². The fraction of sp³-hybridized carbons (Fsp3) is 0.889. The van der Waals surface area contributed by atoms with E-state index in [0.717, 1.165) is 6.42 Å². The quantitative estimate of drug-likeness (QED) is 0.515. The zero-order chi connectivity index (χ0) is 10.3. The summed E-state index contributed by atoms with van der Waals surface area (Å²) in [5, 5.41) is 26.7. The minimum Gasteiger partial charge on any atom is -0.396 e. The maximum absolute atomic E-state index is 11.4. The zero-order valence-electron chi connectivity index (χ0n) is 7.99. The van der Waals surface area contributed by atoms with E-state index in [9.17, 15) is 4.79 Å². The molecule has 78 valence electrons. The van der Waals surface area contributed by atoms with Crippen LogP contribution in [-0.4, -0.2) is 40.9 Å². The molecule has 0 unspecified atom stereocenters. The predicted octanol–water partition coefficient (Wildman–Crippen LogP) is -0.291. The monoisotopic (exact) mass is 190 g/mol. The summed E-state index contributed by atoms with van der Waals surface area (Å²) in [6.07, 6.45) is 1.18. The normalized spacial score (nSPS) is 11.7. The Labute approximate surface area is 78.2 Å². The van der Waals surface area contributed by atoms with Crippen LogP contribution in [0.1, 0.15) is 26.2 Å². The first kappa shape index (κ1) is 12.6. The smallest absolute Gasteiger partial charge is 0.145 e. The Morgan fingerprint density at radius 1 is 1.23 bits per heavy atom. The Morgan fingerprint density at radius 3 is 2.08 bits per heavy atom. The summed E-state index contributed by atoms with van der Waals surface area (Å²) in [6.45, 7) is 0.947. The lowest BCUT2D eigenvalue weighted by Gasteiger charge is -2.27. The molecule has 0 rings (SSSR count). The molecule has 0 aliphatic carbocycles. The van der Waals surface area contributed by atoms with E-state index in [1.165, 1.54) is 0 Å². The lowest BCUT2D eigenvalue weighted by Crippen LogP contribution is -2.39. The second-order valence-electron chi connectivity index (χ2n) is 3.24. The Kier molecular flexibility index (Phi) is 5.86. The fourth-order valence-electron chi connectivity index (χ4n) is 1.37. The third-order valence-electron chi connectivity index (χ3n) is 2.26.